The molecule has 0 amide bonds. The van der Waals surface area contributed by atoms with Gasteiger partial charge in [0.2, 0.25) is 0 Å². The van der Waals surface area contributed by atoms with Gasteiger partial charge in [-0.2, -0.15) is 0 Å². The fraction of sp³-hybridized carbons (Fsp3) is 0.500. The molecule has 1 aromatic carbocycles. The summed E-state index contributed by atoms with van der Waals surface area (Å²) in [5.41, 5.74) is 6.58. The Morgan fingerprint density at radius 1 is 1.40 bits per heavy atom. The molecular formula is C12H20N2O. The zero-order valence-electron chi connectivity index (χ0n) is 9.49. The quantitative estimate of drug-likeness (QED) is 0.753. The van der Waals surface area contributed by atoms with Gasteiger partial charge in [0.1, 0.15) is 5.75 Å². The van der Waals surface area contributed by atoms with Gasteiger partial charge in [0, 0.05) is 12.6 Å². The fourth-order valence-electron chi connectivity index (χ4n) is 1.25. The van der Waals surface area contributed by atoms with Crippen molar-refractivity contribution in [3.63, 3.8) is 0 Å². The van der Waals surface area contributed by atoms with E-state index in [0.29, 0.717) is 6.54 Å². The third-order valence-electron chi connectivity index (χ3n) is 2.10. The molecule has 3 nitrogen and oxygen atoms in total. The van der Waals surface area contributed by atoms with E-state index in [1.807, 2.05) is 24.3 Å². The largest absolute Gasteiger partial charge is 0.491 e. The van der Waals surface area contributed by atoms with E-state index in [1.54, 1.807) is 0 Å². The zero-order chi connectivity index (χ0) is 11.1. The highest BCUT2D eigenvalue weighted by Gasteiger charge is 2.04. The van der Waals surface area contributed by atoms with Crippen molar-refractivity contribution in [1.29, 1.82) is 0 Å². The van der Waals surface area contributed by atoms with Gasteiger partial charge in [-0.25, -0.2) is 0 Å². The second kappa shape index (κ2) is 6.30. The number of nitrogens with one attached hydrogen (secondary N) is 1. The maximum Gasteiger partial charge on any atom is 0.142 e. The average molecular weight is 208 g/mol. The Kier molecular flexibility index (Phi) is 4.98. The average Bonchev–Trinajstić information content (AvgIpc) is 2.28. The maximum atomic E-state index is 5.63. The molecule has 84 valence electrons. The van der Waals surface area contributed by atoms with Crippen molar-refractivity contribution in [2.24, 2.45) is 5.73 Å². The molecule has 0 saturated heterocycles. The summed E-state index contributed by atoms with van der Waals surface area (Å²) >= 11 is 0. The van der Waals surface area contributed by atoms with Crippen LogP contribution >= 0.6 is 0 Å². The number of anilines is 1. The van der Waals surface area contributed by atoms with Crippen LogP contribution in [0.25, 0.3) is 0 Å². The molecule has 0 aliphatic heterocycles. The lowest BCUT2D eigenvalue weighted by Crippen LogP contribution is -2.25. The minimum atomic E-state index is 0.261. The van der Waals surface area contributed by atoms with Crippen LogP contribution in [0.5, 0.6) is 5.75 Å². The number of hydrogen-bond acceptors (Lipinski definition) is 3. The molecule has 0 fully saturated rings. The Hall–Kier alpha value is -1.22. The van der Waals surface area contributed by atoms with Gasteiger partial charge < -0.3 is 15.8 Å². The maximum absolute atomic E-state index is 5.63. The van der Waals surface area contributed by atoms with Crippen LogP contribution in [0, 0.1) is 0 Å². The van der Waals surface area contributed by atoms with Crippen LogP contribution in [0.15, 0.2) is 24.3 Å². The molecule has 0 saturated carbocycles. The van der Waals surface area contributed by atoms with E-state index in [1.165, 1.54) is 0 Å². The number of nitrogens with two attached hydrogens (primary N) is 1. The summed E-state index contributed by atoms with van der Waals surface area (Å²) in [6.07, 6.45) is 1.01. The van der Waals surface area contributed by atoms with Crippen LogP contribution in [0.2, 0.25) is 0 Å². The molecule has 0 aliphatic carbocycles. The number of benzene rings is 1. The highest BCUT2D eigenvalue weighted by atomic mass is 16.5. The zero-order valence-corrected chi connectivity index (χ0v) is 9.49. The van der Waals surface area contributed by atoms with Crippen LogP contribution in [-0.4, -0.2) is 19.2 Å². The van der Waals surface area contributed by atoms with Gasteiger partial charge in [-0.3, -0.25) is 0 Å². The van der Waals surface area contributed by atoms with Crippen molar-refractivity contribution in [3.8, 4) is 5.75 Å². The Balaban J connectivity index is 2.67. The first-order valence-corrected chi connectivity index (χ1v) is 5.46. The number of rotatable bonds is 6. The summed E-state index contributed by atoms with van der Waals surface area (Å²) in [5, 5.41) is 3.32. The lowest BCUT2D eigenvalue weighted by atomic mass is 10.2. The first-order valence-electron chi connectivity index (χ1n) is 5.46. The number of ether oxygens (including phenoxy) is 1. The second-order valence-electron chi connectivity index (χ2n) is 3.63. The van der Waals surface area contributed by atoms with Crippen molar-refractivity contribution < 1.29 is 4.74 Å². The van der Waals surface area contributed by atoms with Crippen LogP contribution in [0.1, 0.15) is 20.3 Å². The molecule has 3 N–H and O–H groups in total. The molecule has 15 heavy (non-hydrogen) atoms. The highest BCUT2D eigenvalue weighted by molar-refractivity contribution is 5.56. The third kappa shape index (κ3) is 3.80. The Bertz CT molecular complexity index is 289. The van der Waals surface area contributed by atoms with Crippen LogP contribution < -0.4 is 15.8 Å². The molecule has 3 heteroatoms. The van der Waals surface area contributed by atoms with Gasteiger partial charge >= 0.3 is 0 Å². The first-order chi connectivity index (χ1) is 7.27. The Morgan fingerprint density at radius 2 is 2.13 bits per heavy atom. The summed E-state index contributed by atoms with van der Waals surface area (Å²) in [7, 11) is 0. The van der Waals surface area contributed by atoms with Gasteiger partial charge in [0.05, 0.1) is 12.3 Å². The fourth-order valence-corrected chi connectivity index (χ4v) is 1.25. The summed E-state index contributed by atoms with van der Waals surface area (Å²) in [4.78, 5) is 0. The molecule has 0 aromatic heterocycles. The molecule has 0 bridgehead atoms. The molecule has 1 aromatic rings. The standard InChI is InChI=1S/C12H20N2O/c1-3-8-15-12-7-5-4-6-11(12)14-10(2)9-13/h4-7,10,14H,3,8-9,13H2,1-2H3. The van der Waals surface area contributed by atoms with E-state index in [2.05, 4.69) is 19.2 Å². The predicted octanol–water partition coefficient (Wildman–Crippen LogP) is 2.23. The summed E-state index contributed by atoms with van der Waals surface area (Å²) in [6.45, 7) is 5.51. The summed E-state index contributed by atoms with van der Waals surface area (Å²) in [6, 6.07) is 8.21. The van der Waals surface area contributed by atoms with Crippen LogP contribution in [0.3, 0.4) is 0 Å². The molecule has 1 atom stereocenters. The highest BCUT2D eigenvalue weighted by Crippen LogP contribution is 2.24. The van der Waals surface area contributed by atoms with E-state index in [9.17, 15) is 0 Å². The molecule has 0 spiro atoms. The van der Waals surface area contributed by atoms with E-state index >= 15 is 0 Å². The minimum absolute atomic E-state index is 0.261. The molecule has 0 heterocycles. The van der Waals surface area contributed by atoms with Crippen molar-refractivity contribution in [1.82, 2.24) is 0 Å². The van der Waals surface area contributed by atoms with E-state index in [-0.39, 0.29) is 6.04 Å². The van der Waals surface area contributed by atoms with E-state index in [4.69, 9.17) is 10.5 Å². The molecule has 0 radical (unpaired) electrons. The minimum Gasteiger partial charge on any atom is -0.491 e. The van der Waals surface area contributed by atoms with Gasteiger partial charge in [0.15, 0.2) is 0 Å². The number of hydrogen-bond donors (Lipinski definition) is 2. The second-order valence-corrected chi connectivity index (χ2v) is 3.63. The van der Waals surface area contributed by atoms with Gasteiger partial charge in [0.25, 0.3) is 0 Å². The third-order valence-corrected chi connectivity index (χ3v) is 2.10. The molecule has 0 aliphatic rings. The number of para-hydroxylation sites is 2. The smallest absolute Gasteiger partial charge is 0.142 e. The normalized spacial score (nSPS) is 12.2. The first kappa shape index (κ1) is 11.9. The van der Waals surface area contributed by atoms with Gasteiger partial charge in [-0.1, -0.05) is 19.1 Å². The van der Waals surface area contributed by atoms with E-state index in [0.717, 1.165) is 24.5 Å². The van der Waals surface area contributed by atoms with Gasteiger partial charge in [-0.05, 0) is 25.5 Å². The predicted molar refractivity (Wildman–Crippen MR) is 64.4 cm³/mol. The topological polar surface area (TPSA) is 47.3 Å². The van der Waals surface area contributed by atoms with Crippen molar-refractivity contribution in [2.45, 2.75) is 26.3 Å². The summed E-state index contributed by atoms with van der Waals surface area (Å²) < 4.78 is 5.63. The molecular weight excluding hydrogens is 188 g/mol. The van der Waals surface area contributed by atoms with Crippen LogP contribution in [-0.2, 0) is 0 Å². The Morgan fingerprint density at radius 3 is 2.80 bits per heavy atom. The lowest BCUT2D eigenvalue weighted by molar-refractivity contribution is 0.318. The molecule has 1 unspecified atom stereocenters. The van der Waals surface area contributed by atoms with Crippen LogP contribution in [0.4, 0.5) is 5.69 Å². The van der Waals surface area contributed by atoms with Crippen molar-refractivity contribution in [2.75, 3.05) is 18.5 Å². The SMILES string of the molecule is CCCOc1ccccc1NC(C)CN. The van der Waals surface area contributed by atoms with Crippen molar-refractivity contribution >= 4 is 5.69 Å². The monoisotopic (exact) mass is 208 g/mol. The lowest BCUT2D eigenvalue weighted by Gasteiger charge is -2.16. The summed E-state index contributed by atoms with van der Waals surface area (Å²) in [5.74, 6) is 0.902. The molecule has 1 rings (SSSR count). The van der Waals surface area contributed by atoms with Crippen molar-refractivity contribution in [3.05, 3.63) is 24.3 Å². The Labute approximate surface area is 91.6 Å². The van der Waals surface area contributed by atoms with E-state index < -0.39 is 0 Å². The van der Waals surface area contributed by atoms with Gasteiger partial charge in [-0.15, -0.1) is 0 Å².